The van der Waals surface area contributed by atoms with Crippen molar-refractivity contribution in [2.24, 2.45) is 0 Å². The van der Waals surface area contributed by atoms with Gasteiger partial charge in [0.25, 0.3) is 8.32 Å². The highest BCUT2D eigenvalue weighted by Crippen LogP contribution is 2.37. The predicted octanol–water partition coefficient (Wildman–Crippen LogP) is 5.49. The fourth-order valence-electron chi connectivity index (χ4n) is 5.00. The molecule has 0 fully saturated rings. The number of H-pyrrole nitrogens is 1. The van der Waals surface area contributed by atoms with E-state index in [0.717, 1.165) is 18.5 Å². The van der Waals surface area contributed by atoms with E-state index in [2.05, 4.69) is 135 Å². The molecular formula is C31H36N2O3Si. The lowest BCUT2D eigenvalue weighted by Crippen LogP contribution is -2.66. The van der Waals surface area contributed by atoms with Crippen LogP contribution in [0.2, 0.25) is 5.04 Å². The second-order valence-electron chi connectivity index (χ2n) is 10.0. The van der Waals surface area contributed by atoms with Crippen molar-refractivity contribution >= 4 is 24.8 Å². The third-order valence-electron chi connectivity index (χ3n) is 6.73. The summed E-state index contributed by atoms with van der Waals surface area (Å²) in [5, 5.41) is 10.5. The molecule has 0 saturated heterocycles. The summed E-state index contributed by atoms with van der Waals surface area (Å²) < 4.78 is 7.17. The van der Waals surface area contributed by atoms with Gasteiger partial charge in [-0.15, -0.1) is 0 Å². The van der Waals surface area contributed by atoms with Crippen molar-refractivity contribution in [1.82, 2.24) is 10.2 Å². The number of aryl methyl sites for hydroxylation is 1. The predicted molar refractivity (Wildman–Crippen MR) is 149 cm³/mol. The monoisotopic (exact) mass is 512 g/mol. The minimum Gasteiger partial charge on any atom is -0.407 e. The van der Waals surface area contributed by atoms with E-state index in [1.54, 1.807) is 0 Å². The van der Waals surface area contributed by atoms with Crippen molar-refractivity contribution in [2.45, 2.75) is 51.5 Å². The maximum atomic E-state index is 8.12. The van der Waals surface area contributed by atoms with Crippen LogP contribution >= 0.6 is 0 Å². The molecule has 6 heteroatoms. The highest BCUT2D eigenvalue weighted by Gasteiger charge is 2.50. The van der Waals surface area contributed by atoms with Gasteiger partial charge in [0.1, 0.15) is 0 Å². The molecule has 3 aromatic carbocycles. The molecule has 1 aromatic heterocycles. The average molecular weight is 513 g/mol. The molecule has 0 bridgehead atoms. The second-order valence-corrected chi connectivity index (χ2v) is 14.3. The molecule has 0 amide bonds. The summed E-state index contributed by atoms with van der Waals surface area (Å²) in [5.74, 6) is 0.191. The van der Waals surface area contributed by atoms with Crippen molar-refractivity contribution in [3.8, 4) is 0 Å². The number of rotatable bonds is 9. The summed E-state index contributed by atoms with van der Waals surface area (Å²) in [6.07, 6.45) is 2.08. The molecule has 4 aromatic rings. The van der Waals surface area contributed by atoms with E-state index >= 15 is 0 Å². The van der Waals surface area contributed by atoms with Crippen LogP contribution in [-0.4, -0.2) is 31.3 Å². The van der Waals surface area contributed by atoms with E-state index in [9.17, 15) is 0 Å². The Balaban J connectivity index is 0.00000121. The molecule has 1 unspecified atom stereocenters. The standard InChI is InChI=1S/C30H36N2OSi.CO2/c1-5-25-23-29(32-31-25)28(24-15-9-6-10-16-24)21-22-33-34(30(2,3)4,26-17-11-7-12-18-26)27-19-13-8-14-20-27;2-1-3/h6-20,23,28H,5,21-22H2,1-4H3,(H,31,32);. The van der Waals surface area contributed by atoms with E-state index < -0.39 is 8.32 Å². The number of hydrogen-bond acceptors (Lipinski definition) is 4. The SMILES string of the molecule is CCc1cc(C(CCO[Si](c2ccccc2)(c2ccccc2)C(C)(C)C)c2ccccc2)n[nH]1.O=C=O. The first-order chi connectivity index (χ1) is 17.9. The van der Waals surface area contributed by atoms with Crippen LogP contribution < -0.4 is 10.4 Å². The van der Waals surface area contributed by atoms with Crippen molar-refractivity contribution in [2.75, 3.05) is 6.61 Å². The summed E-state index contributed by atoms with van der Waals surface area (Å²) >= 11 is 0. The lowest BCUT2D eigenvalue weighted by molar-refractivity contribution is -0.191. The number of benzene rings is 3. The van der Waals surface area contributed by atoms with Crippen molar-refractivity contribution in [1.29, 1.82) is 0 Å². The van der Waals surface area contributed by atoms with Gasteiger partial charge in [-0.3, -0.25) is 5.10 Å². The van der Waals surface area contributed by atoms with E-state index in [-0.39, 0.29) is 17.1 Å². The minimum atomic E-state index is -2.55. The molecule has 0 aliphatic carbocycles. The number of aromatic amines is 1. The first kappa shape index (κ1) is 28.0. The Morgan fingerprint density at radius 2 is 1.35 bits per heavy atom. The maximum absolute atomic E-state index is 8.12. The van der Waals surface area contributed by atoms with Gasteiger partial charge in [0.15, 0.2) is 0 Å². The number of nitrogens with zero attached hydrogens (tertiary/aromatic N) is 1. The van der Waals surface area contributed by atoms with Gasteiger partial charge in [-0.25, -0.2) is 0 Å². The van der Waals surface area contributed by atoms with Gasteiger partial charge in [0, 0.05) is 18.2 Å². The zero-order chi connectivity index (χ0) is 26.7. The Morgan fingerprint density at radius 3 is 1.78 bits per heavy atom. The normalized spacial score (nSPS) is 12.2. The minimum absolute atomic E-state index is 0.0281. The Labute approximate surface area is 221 Å². The molecule has 192 valence electrons. The van der Waals surface area contributed by atoms with Crippen LogP contribution in [0.1, 0.15) is 57.0 Å². The van der Waals surface area contributed by atoms with Gasteiger partial charge >= 0.3 is 6.15 Å². The molecule has 4 rings (SSSR count). The van der Waals surface area contributed by atoms with Gasteiger partial charge in [-0.1, -0.05) is 119 Å². The molecule has 0 aliphatic rings. The second kappa shape index (κ2) is 13.1. The van der Waals surface area contributed by atoms with E-state index in [1.165, 1.54) is 21.6 Å². The van der Waals surface area contributed by atoms with Crippen LogP contribution in [0, 0.1) is 0 Å². The van der Waals surface area contributed by atoms with Crippen molar-refractivity contribution in [3.63, 3.8) is 0 Å². The lowest BCUT2D eigenvalue weighted by atomic mass is 9.92. The molecule has 0 saturated carbocycles. The van der Waals surface area contributed by atoms with Crippen LogP contribution in [0.15, 0.2) is 97.1 Å². The lowest BCUT2D eigenvalue weighted by Gasteiger charge is -2.43. The Kier molecular flexibility index (Phi) is 9.92. The fraction of sp³-hybridized carbons (Fsp3) is 0.290. The Morgan fingerprint density at radius 1 is 0.865 bits per heavy atom. The average Bonchev–Trinajstić information content (AvgIpc) is 3.39. The number of carbonyl (C=O) groups excluding carboxylic acids is 2. The largest absolute Gasteiger partial charge is 0.407 e. The van der Waals surface area contributed by atoms with Crippen LogP contribution in [0.25, 0.3) is 0 Å². The molecular weight excluding hydrogens is 476 g/mol. The van der Waals surface area contributed by atoms with Gasteiger partial charge in [0.05, 0.1) is 5.69 Å². The van der Waals surface area contributed by atoms with Gasteiger partial charge in [0.2, 0.25) is 0 Å². The molecule has 0 aliphatic heterocycles. The molecule has 0 radical (unpaired) electrons. The summed E-state index contributed by atoms with van der Waals surface area (Å²) in [5.41, 5.74) is 3.54. The van der Waals surface area contributed by atoms with Crippen LogP contribution in [0.5, 0.6) is 0 Å². The molecule has 1 heterocycles. The quantitative estimate of drug-likeness (QED) is 0.301. The summed E-state index contributed by atoms with van der Waals surface area (Å²) in [7, 11) is -2.55. The zero-order valence-electron chi connectivity index (χ0n) is 22.1. The van der Waals surface area contributed by atoms with Gasteiger partial charge in [-0.2, -0.15) is 14.7 Å². The number of hydrogen-bond donors (Lipinski definition) is 1. The molecule has 1 atom stereocenters. The van der Waals surface area contributed by atoms with Crippen molar-refractivity contribution < 1.29 is 14.0 Å². The highest BCUT2D eigenvalue weighted by atomic mass is 28.4. The van der Waals surface area contributed by atoms with E-state index in [1.807, 2.05) is 0 Å². The van der Waals surface area contributed by atoms with Crippen LogP contribution in [-0.2, 0) is 20.4 Å². The molecule has 1 N–H and O–H groups in total. The van der Waals surface area contributed by atoms with E-state index in [0.29, 0.717) is 6.61 Å². The summed E-state index contributed by atoms with van der Waals surface area (Å²) in [6, 6.07) is 34.6. The first-order valence-corrected chi connectivity index (χ1v) is 14.6. The molecule has 0 spiro atoms. The Bertz CT molecular complexity index is 1210. The van der Waals surface area contributed by atoms with Gasteiger partial charge in [-0.05, 0) is 39.9 Å². The fourth-order valence-corrected chi connectivity index (χ4v) is 9.58. The topological polar surface area (TPSA) is 72.0 Å². The van der Waals surface area contributed by atoms with Crippen molar-refractivity contribution in [3.05, 3.63) is 114 Å². The van der Waals surface area contributed by atoms with Crippen LogP contribution in [0.4, 0.5) is 0 Å². The molecule has 5 nitrogen and oxygen atoms in total. The maximum Gasteiger partial charge on any atom is 0.373 e. The highest BCUT2D eigenvalue weighted by molar-refractivity contribution is 6.99. The number of aromatic nitrogens is 2. The van der Waals surface area contributed by atoms with E-state index in [4.69, 9.17) is 14.0 Å². The summed E-state index contributed by atoms with van der Waals surface area (Å²) in [4.78, 5) is 16.2. The van der Waals surface area contributed by atoms with Gasteiger partial charge < -0.3 is 4.43 Å². The zero-order valence-corrected chi connectivity index (χ0v) is 23.1. The summed E-state index contributed by atoms with van der Waals surface area (Å²) in [6.45, 7) is 9.81. The Hall–Kier alpha value is -3.57. The third-order valence-corrected chi connectivity index (χ3v) is 11.8. The number of nitrogens with one attached hydrogen (secondary N) is 1. The molecule has 37 heavy (non-hydrogen) atoms. The smallest absolute Gasteiger partial charge is 0.373 e. The first-order valence-electron chi connectivity index (χ1n) is 12.7. The third kappa shape index (κ3) is 6.60. The van der Waals surface area contributed by atoms with Crippen LogP contribution in [0.3, 0.4) is 0 Å².